The van der Waals surface area contributed by atoms with Gasteiger partial charge in [-0.2, -0.15) is 0 Å². The van der Waals surface area contributed by atoms with Gasteiger partial charge in [0.25, 0.3) is 5.56 Å². The molecule has 2 N–H and O–H groups in total. The number of amides is 2. The van der Waals surface area contributed by atoms with Gasteiger partial charge in [-0.1, -0.05) is 40.5 Å². The first-order chi connectivity index (χ1) is 21.3. The number of carbonyl (C=O) groups is 3. The molecule has 2 heterocycles. The molecule has 1 aromatic carbocycles. The quantitative estimate of drug-likeness (QED) is 0.332. The standard InChI is InChI=1S/C35H48N4O6/c1-20-14-15-39(27(20)21(2)40)31(42)28(33(3,4)5)38-32(43)45-29-22(17-34-18-35(29,34)19-34)10-8-7-9-11-25-30(41)37-26-16-23(44-6)12-13-24(26)36-25/h12-13,16,20,22,27-29H,7-11,14-15,17-19H2,1-6H3,(H,37,41)(H,38,43)/t20-,22-,27?,28-,29?,34?,35?/m1/s1. The van der Waals surface area contributed by atoms with Gasteiger partial charge in [-0.3, -0.25) is 14.4 Å². The molecular weight excluding hydrogens is 572 g/mol. The Morgan fingerprint density at radius 2 is 1.93 bits per heavy atom. The number of Topliss-reactive ketones (excluding diaryl/α,β-unsaturated/α-hetero) is 1. The van der Waals surface area contributed by atoms with Crippen molar-refractivity contribution in [1.29, 1.82) is 0 Å². The number of aromatic amines is 1. The number of nitrogens with zero attached hydrogens (tertiary/aromatic N) is 2. The predicted octanol–water partition coefficient (Wildman–Crippen LogP) is 5.17. The minimum absolute atomic E-state index is 0.0170. The van der Waals surface area contributed by atoms with Gasteiger partial charge in [0.2, 0.25) is 5.91 Å². The number of aromatic nitrogens is 2. The first-order valence-electron chi connectivity index (χ1n) is 16.6. The monoisotopic (exact) mass is 620 g/mol. The summed E-state index contributed by atoms with van der Waals surface area (Å²) in [5, 5.41) is 2.94. The number of likely N-dealkylation sites (tertiary alicyclic amines) is 1. The Morgan fingerprint density at radius 3 is 2.62 bits per heavy atom. The van der Waals surface area contributed by atoms with Gasteiger partial charge in [-0.15, -0.1) is 0 Å². The van der Waals surface area contributed by atoms with Crippen LogP contribution in [0.3, 0.4) is 0 Å². The molecule has 0 spiro atoms. The summed E-state index contributed by atoms with van der Waals surface area (Å²) in [6.45, 7) is 9.85. The molecule has 2 aromatic rings. The molecule has 3 saturated carbocycles. The van der Waals surface area contributed by atoms with Crippen LogP contribution in [0.25, 0.3) is 11.0 Å². The molecule has 0 bridgehead atoms. The van der Waals surface area contributed by atoms with E-state index < -0.39 is 23.6 Å². The van der Waals surface area contributed by atoms with Gasteiger partial charge < -0.3 is 24.7 Å². The van der Waals surface area contributed by atoms with Crippen molar-refractivity contribution in [2.24, 2.45) is 28.1 Å². The van der Waals surface area contributed by atoms with E-state index in [0.717, 1.165) is 56.9 Å². The van der Waals surface area contributed by atoms with Gasteiger partial charge in [0.1, 0.15) is 23.6 Å². The fourth-order valence-corrected chi connectivity index (χ4v) is 8.61. The zero-order valence-corrected chi connectivity index (χ0v) is 27.5. The average molecular weight is 621 g/mol. The second kappa shape index (κ2) is 11.4. The summed E-state index contributed by atoms with van der Waals surface area (Å²) in [5.41, 5.74) is 1.74. The summed E-state index contributed by atoms with van der Waals surface area (Å²) in [5.74, 6) is 0.856. The van der Waals surface area contributed by atoms with Gasteiger partial charge in [0.05, 0.1) is 24.2 Å². The van der Waals surface area contributed by atoms with Crippen molar-refractivity contribution >= 4 is 28.8 Å². The summed E-state index contributed by atoms with van der Waals surface area (Å²) in [6.07, 6.45) is 7.85. The van der Waals surface area contributed by atoms with Crippen LogP contribution in [-0.2, 0) is 20.7 Å². The second-order valence-electron chi connectivity index (χ2n) is 15.4. The van der Waals surface area contributed by atoms with E-state index in [1.165, 1.54) is 6.92 Å². The van der Waals surface area contributed by atoms with Crippen LogP contribution >= 0.6 is 0 Å². The van der Waals surface area contributed by atoms with Crippen LogP contribution in [-0.4, -0.2) is 64.5 Å². The predicted molar refractivity (Wildman–Crippen MR) is 170 cm³/mol. The van der Waals surface area contributed by atoms with Gasteiger partial charge in [-0.25, -0.2) is 9.78 Å². The molecule has 2 unspecified atom stereocenters. The van der Waals surface area contributed by atoms with Crippen LogP contribution < -0.4 is 15.6 Å². The van der Waals surface area contributed by atoms with Gasteiger partial charge in [0.15, 0.2) is 5.78 Å². The van der Waals surface area contributed by atoms with E-state index in [1.54, 1.807) is 18.1 Å². The maximum atomic E-state index is 13.7. The molecule has 0 radical (unpaired) electrons. The van der Waals surface area contributed by atoms with Crippen LogP contribution in [0.2, 0.25) is 0 Å². The number of methoxy groups -OCH3 is 1. The van der Waals surface area contributed by atoms with Crippen LogP contribution in [0.15, 0.2) is 23.0 Å². The highest BCUT2D eigenvalue weighted by Crippen LogP contribution is 2.94. The van der Waals surface area contributed by atoms with Crippen LogP contribution in [0.4, 0.5) is 4.79 Å². The zero-order chi connectivity index (χ0) is 32.3. The largest absolute Gasteiger partial charge is 0.497 e. The minimum atomic E-state index is -0.786. The van der Waals surface area contributed by atoms with Crippen molar-refractivity contribution < 1.29 is 23.9 Å². The number of ether oxygens (including phenoxy) is 2. The van der Waals surface area contributed by atoms with Crippen molar-refractivity contribution in [3.8, 4) is 5.75 Å². The number of fused-ring (bicyclic) bond motifs is 1. The van der Waals surface area contributed by atoms with E-state index >= 15 is 0 Å². The molecule has 1 aliphatic heterocycles. The molecule has 3 aliphatic carbocycles. The van der Waals surface area contributed by atoms with E-state index in [9.17, 15) is 19.2 Å². The molecule has 10 nitrogen and oxygen atoms in total. The number of H-pyrrole nitrogens is 1. The zero-order valence-electron chi connectivity index (χ0n) is 27.5. The van der Waals surface area contributed by atoms with Crippen LogP contribution in [0.5, 0.6) is 5.75 Å². The maximum absolute atomic E-state index is 13.7. The Morgan fingerprint density at radius 1 is 1.18 bits per heavy atom. The minimum Gasteiger partial charge on any atom is -0.497 e. The summed E-state index contributed by atoms with van der Waals surface area (Å²) in [6, 6.07) is 4.24. The number of hydrogen-bond acceptors (Lipinski definition) is 7. The Balaban J connectivity index is 1.03. The van der Waals surface area contributed by atoms with E-state index in [2.05, 4.69) is 15.3 Å². The van der Waals surface area contributed by atoms with Crippen molar-refractivity contribution in [2.45, 2.75) is 111 Å². The molecule has 4 fully saturated rings. The Labute approximate surface area is 265 Å². The van der Waals surface area contributed by atoms with Crippen molar-refractivity contribution in [3.05, 3.63) is 34.2 Å². The number of alkyl carbamates (subject to hydrolysis) is 1. The Hall–Kier alpha value is -3.43. The van der Waals surface area contributed by atoms with Gasteiger partial charge in [-0.05, 0) is 86.7 Å². The highest BCUT2D eigenvalue weighted by molar-refractivity contribution is 5.92. The topological polar surface area (TPSA) is 131 Å². The lowest BCUT2D eigenvalue weighted by Gasteiger charge is -2.36. The normalized spacial score (nSPS) is 30.4. The molecule has 6 rings (SSSR count). The summed E-state index contributed by atoms with van der Waals surface area (Å²) >= 11 is 0. The number of nitrogens with one attached hydrogen (secondary N) is 2. The molecular formula is C35H48N4O6. The molecule has 45 heavy (non-hydrogen) atoms. The first-order valence-corrected chi connectivity index (χ1v) is 16.6. The number of ketones is 1. The smallest absolute Gasteiger partial charge is 0.408 e. The van der Waals surface area contributed by atoms with Gasteiger partial charge in [0, 0.05) is 18.0 Å². The van der Waals surface area contributed by atoms with Crippen LogP contribution in [0, 0.1) is 28.1 Å². The third kappa shape index (κ3) is 5.74. The van der Waals surface area contributed by atoms with E-state index in [4.69, 9.17) is 9.47 Å². The third-order valence-corrected chi connectivity index (χ3v) is 11.2. The van der Waals surface area contributed by atoms with E-state index in [-0.39, 0.29) is 34.7 Å². The summed E-state index contributed by atoms with van der Waals surface area (Å²) in [7, 11) is 1.59. The van der Waals surface area contributed by atoms with E-state index in [0.29, 0.717) is 41.3 Å². The lowest BCUT2D eigenvalue weighted by Crippen LogP contribution is -2.57. The summed E-state index contributed by atoms with van der Waals surface area (Å²) < 4.78 is 11.4. The van der Waals surface area contributed by atoms with Crippen molar-refractivity contribution in [1.82, 2.24) is 20.2 Å². The molecule has 1 saturated heterocycles. The van der Waals surface area contributed by atoms with Crippen LogP contribution in [0.1, 0.15) is 91.7 Å². The van der Waals surface area contributed by atoms with Crippen molar-refractivity contribution in [2.75, 3.05) is 13.7 Å². The number of hydrogen-bond donors (Lipinski definition) is 2. The number of rotatable bonds is 11. The second-order valence-corrected chi connectivity index (χ2v) is 15.4. The van der Waals surface area contributed by atoms with Crippen molar-refractivity contribution in [3.63, 3.8) is 0 Å². The summed E-state index contributed by atoms with van der Waals surface area (Å²) in [4.78, 5) is 61.3. The van der Waals surface area contributed by atoms with Gasteiger partial charge >= 0.3 is 6.09 Å². The Kier molecular flexibility index (Phi) is 8.01. The molecule has 2 amide bonds. The average Bonchev–Trinajstić information content (AvgIpc) is 3.66. The lowest BCUT2D eigenvalue weighted by atomic mass is 9.84. The molecule has 1 aromatic heterocycles. The number of benzene rings is 1. The fraction of sp³-hybridized carbons (Fsp3) is 0.686. The number of unbranched alkanes of at least 4 members (excludes halogenated alkanes) is 2. The highest BCUT2D eigenvalue weighted by Gasteiger charge is 2.90. The lowest BCUT2D eigenvalue weighted by molar-refractivity contribution is -0.141. The third-order valence-electron chi connectivity index (χ3n) is 11.2. The fourth-order valence-electron chi connectivity index (χ4n) is 8.61. The maximum Gasteiger partial charge on any atom is 0.408 e. The van der Waals surface area contributed by atoms with E-state index in [1.807, 2.05) is 39.8 Å². The molecule has 244 valence electrons. The SMILES string of the molecule is COc1ccc2nc(CCCCC[C@@H]3CC45CC4(C5)C3OC(=O)N[C@H](C(=O)N3CC[C@@H](C)C3C(C)=O)C(C)(C)C)c(=O)[nH]c2c1. The molecule has 5 atom stereocenters. The molecule has 4 aliphatic rings. The highest BCUT2D eigenvalue weighted by atomic mass is 16.6. The number of carbonyl (C=O) groups excluding carboxylic acids is 3. The Bertz CT molecular complexity index is 1550. The number of aryl methyl sites for hydroxylation is 1. The first kappa shape index (κ1) is 31.5. The molecule has 10 heteroatoms.